The zero-order valence-electron chi connectivity index (χ0n) is 10.5. The largest absolute Gasteiger partial charge is 0.338 e. The first-order valence-corrected chi connectivity index (χ1v) is 6.73. The molecule has 4 nitrogen and oxygen atoms in total. The van der Waals surface area contributed by atoms with Crippen molar-refractivity contribution in [1.29, 1.82) is 0 Å². The maximum Gasteiger partial charge on any atom is 0.240 e. The van der Waals surface area contributed by atoms with Crippen LogP contribution < -0.4 is 5.32 Å². The van der Waals surface area contributed by atoms with Crippen LogP contribution in [0.15, 0.2) is 33.3 Å². The van der Waals surface area contributed by atoms with Gasteiger partial charge in [0, 0.05) is 10.0 Å². The topological polar surface area (TPSA) is 51.0 Å². The van der Waals surface area contributed by atoms with Gasteiger partial charge in [-0.15, -0.1) is 0 Å². The Kier molecular flexibility index (Phi) is 4.49. The molecule has 1 heterocycles. The second-order valence-corrected chi connectivity index (χ2v) is 5.46. The molecule has 0 spiro atoms. The first kappa shape index (κ1) is 13.2. The van der Waals surface area contributed by atoms with Crippen LogP contribution in [0.1, 0.15) is 19.7 Å². The summed E-state index contributed by atoms with van der Waals surface area (Å²) in [6.07, 6.45) is 0. The summed E-state index contributed by atoms with van der Waals surface area (Å²) in [7, 11) is 0. The molecule has 96 valence electrons. The number of nitrogens with zero attached hydrogens (tertiary/aromatic N) is 2. The number of halogens is 1. The van der Waals surface area contributed by atoms with Gasteiger partial charge in [0.05, 0.1) is 6.54 Å². The molecule has 2 aromatic rings. The average Bonchev–Trinajstić information content (AvgIpc) is 2.78. The molecule has 1 aromatic heterocycles. The Morgan fingerprint density at radius 3 is 2.67 bits per heavy atom. The van der Waals surface area contributed by atoms with E-state index in [4.69, 9.17) is 4.52 Å². The van der Waals surface area contributed by atoms with Gasteiger partial charge in [0.25, 0.3) is 0 Å². The zero-order chi connectivity index (χ0) is 13.0. The summed E-state index contributed by atoms with van der Waals surface area (Å²) in [4.78, 5) is 4.35. The summed E-state index contributed by atoms with van der Waals surface area (Å²) in [5.74, 6) is 1.86. The molecule has 2 rings (SSSR count). The summed E-state index contributed by atoms with van der Waals surface area (Å²) in [5.41, 5.74) is 0.956. The van der Waals surface area contributed by atoms with Crippen molar-refractivity contribution in [3.05, 3.63) is 34.6 Å². The molecule has 0 aliphatic heterocycles. The second-order valence-electron chi connectivity index (χ2n) is 4.54. The molecule has 5 heteroatoms. The smallest absolute Gasteiger partial charge is 0.240 e. The molecule has 1 aromatic carbocycles. The van der Waals surface area contributed by atoms with Crippen LogP contribution in [0, 0.1) is 5.92 Å². The van der Waals surface area contributed by atoms with Crippen LogP contribution in [-0.4, -0.2) is 16.7 Å². The van der Waals surface area contributed by atoms with Gasteiger partial charge in [-0.05, 0) is 36.7 Å². The molecule has 0 saturated carbocycles. The lowest BCUT2D eigenvalue weighted by molar-refractivity contribution is 0.364. The molecule has 0 saturated heterocycles. The number of rotatable bonds is 5. The Morgan fingerprint density at radius 1 is 1.28 bits per heavy atom. The van der Waals surface area contributed by atoms with Crippen molar-refractivity contribution in [3.8, 4) is 11.4 Å². The van der Waals surface area contributed by atoms with Gasteiger partial charge in [0.15, 0.2) is 0 Å². The molecule has 0 unspecified atom stereocenters. The standard InChI is InChI=1S/C13H16BrN3O/c1-9(2)7-15-8-12-16-13(17-18-12)10-3-5-11(14)6-4-10/h3-6,9,15H,7-8H2,1-2H3. The lowest BCUT2D eigenvalue weighted by Crippen LogP contribution is -2.19. The van der Waals surface area contributed by atoms with E-state index in [9.17, 15) is 0 Å². The van der Waals surface area contributed by atoms with E-state index in [1.807, 2.05) is 24.3 Å². The monoisotopic (exact) mass is 309 g/mol. The molecule has 0 radical (unpaired) electrons. The van der Waals surface area contributed by atoms with E-state index >= 15 is 0 Å². The highest BCUT2D eigenvalue weighted by Crippen LogP contribution is 2.18. The summed E-state index contributed by atoms with van der Waals surface area (Å²) >= 11 is 3.40. The maximum atomic E-state index is 5.20. The van der Waals surface area contributed by atoms with E-state index in [2.05, 4.69) is 45.2 Å². The Labute approximate surface area is 115 Å². The molecule has 0 aliphatic rings. The number of nitrogens with one attached hydrogen (secondary N) is 1. The van der Waals surface area contributed by atoms with Crippen molar-refractivity contribution in [3.63, 3.8) is 0 Å². The van der Waals surface area contributed by atoms with Crippen LogP contribution in [0.25, 0.3) is 11.4 Å². The third-order valence-electron chi connectivity index (χ3n) is 2.40. The lowest BCUT2D eigenvalue weighted by Gasteiger charge is -2.03. The van der Waals surface area contributed by atoms with Crippen molar-refractivity contribution in [1.82, 2.24) is 15.5 Å². The van der Waals surface area contributed by atoms with Gasteiger partial charge in [-0.1, -0.05) is 34.9 Å². The Bertz CT molecular complexity index is 493. The summed E-state index contributed by atoms with van der Waals surface area (Å²) in [6.45, 7) is 5.87. The minimum absolute atomic E-state index is 0.610. The van der Waals surface area contributed by atoms with Crippen molar-refractivity contribution in [2.45, 2.75) is 20.4 Å². The molecule has 0 atom stereocenters. The van der Waals surface area contributed by atoms with E-state index in [1.54, 1.807) is 0 Å². The summed E-state index contributed by atoms with van der Waals surface area (Å²) in [6, 6.07) is 7.84. The van der Waals surface area contributed by atoms with E-state index in [1.165, 1.54) is 0 Å². The number of aromatic nitrogens is 2. The molecule has 0 fully saturated rings. The first-order chi connectivity index (χ1) is 8.65. The predicted molar refractivity (Wildman–Crippen MR) is 74.0 cm³/mol. The van der Waals surface area contributed by atoms with Crippen LogP contribution >= 0.6 is 15.9 Å². The van der Waals surface area contributed by atoms with Crippen LogP contribution in [0.3, 0.4) is 0 Å². The molecular formula is C13H16BrN3O. The average molecular weight is 310 g/mol. The van der Waals surface area contributed by atoms with E-state index < -0.39 is 0 Å². The van der Waals surface area contributed by atoms with Gasteiger partial charge in [0.2, 0.25) is 11.7 Å². The highest BCUT2D eigenvalue weighted by molar-refractivity contribution is 9.10. The van der Waals surface area contributed by atoms with E-state index in [0.29, 0.717) is 24.2 Å². The van der Waals surface area contributed by atoms with Crippen LogP contribution in [0.5, 0.6) is 0 Å². The van der Waals surface area contributed by atoms with Crippen LogP contribution in [0.2, 0.25) is 0 Å². The SMILES string of the molecule is CC(C)CNCc1nc(-c2ccc(Br)cc2)no1. The minimum Gasteiger partial charge on any atom is -0.338 e. The minimum atomic E-state index is 0.610. The Morgan fingerprint density at radius 2 is 2.00 bits per heavy atom. The zero-order valence-corrected chi connectivity index (χ0v) is 12.1. The van der Waals surface area contributed by atoms with Gasteiger partial charge in [-0.2, -0.15) is 4.98 Å². The Hall–Kier alpha value is -1.20. The van der Waals surface area contributed by atoms with E-state index in [0.717, 1.165) is 16.6 Å². The highest BCUT2D eigenvalue weighted by Gasteiger charge is 2.08. The number of hydrogen-bond donors (Lipinski definition) is 1. The van der Waals surface area contributed by atoms with Crippen LogP contribution in [0.4, 0.5) is 0 Å². The van der Waals surface area contributed by atoms with Crippen molar-refractivity contribution >= 4 is 15.9 Å². The number of hydrogen-bond acceptors (Lipinski definition) is 4. The van der Waals surface area contributed by atoms with Crippen molar-refractivity contribution in [2.75, 3.05) is 6.54 Å². The quantitative estimate of drug-likeness (QED) is 0.921. The fraction of sp³-hybridized carbons (Fsp3) is 0.385. The Balaban J connectivity index is 1.99. The third kappa shape index (κ3) is 3.65. The summed E-state index contributed by atoms with van der Waals surface area (Å²) in [5, 5.41) is 7.24. The van der Waals surface area contributed by atoms with Gasteiger partial charge >= 0.3 is 0 Å². The molecular weight excluding hydrogens is 294 g/mol. The predicted octanol–water partition coefficient (Wildman–Crippen LogP) is 3.24. The molecule has 1 N–H and O–H groups in total. The van der Waals surface area contributed by atoms with E-state index in [-0.39, 0.29) is 0 Å². The van der Waals surface area contributed by atoms with Crippen molar-refractivity contribution in [2.24, 2.45) is 5.92 Å². The number of benzene rings is 1. The third-order valence-corrected chi connectivity index (χ3v) is 2.93. The van der Waals surface area contributed by atoms with Gasteiger partial charge < -0.3 is 9.84 Å². The summed E-state index contributed by atoms with van der Waals surface area (Å²) < 4.78 is 6.23. The van der Waals surface area contributed by atoms with Crippen LogP contribution in [-0.2, 0) is 6.54 Å². The molecule has 0 amide bonds. The molecule has 0 aliphatic carbocycles. The fourth-order valence-electron chi connectivity index (χ4n) is 1.51. The van der Waals surface area contributed by atoms with Gasteiger partial charge in [-0.25, -0.2) is 0 Å². The highest BCUT2D eigenvalue weighted by atomic mass is 79.9. The van der Waals surface area contributed by atoms with Gasteiger partial charge in [0.1, 0.15) is 0 Å². The molecule has 18 heavy (non-hydrogen) atoms. The lowest BCUT2D eigenvalue weighted by atomic mass is 10.2. The normalized spacial score (nSPS) is 11.1. The van der Waals surface area contributed by atoms with Crippen molar-refractivity contribution < 1.29 is 4.52 Å². The maximum absolute atomic E-state index is 5.20. The van der Waals surface area contributed by atoms with Gasteiger partial charge in [-0.3, -0.25) is 0 Å². The molecule has 0 bridgehead atoms. The first-order valence-electron chi connectivity index (χ1n) is 5.94. The second kappa shape index (κ2) is 6.11. The fourth-order valence-corrected chi connectivity index (χ4v) is 1.77.